The van der Waals surface area contributed by atoms with Crippen LogP contribution in [0.1, 0.15) is 111 Å². The number of ether oxygens (including phenoxy) is 8. The van der Waals surface area contributed by atoms with Crippen molar-refractivity contribution in [1.82, 2.24) is 0 Å². The molecule has 0 saturated heterocycles. The largest absolute Gasteiger partial charge is 0.490 e. The summed E-state index contributed by atoms with van der Waals surface area (Å²) in [5.41, 5.74) is 0.993. The predicted molar refractivity (Wildman–Crippen MR) is 222 cm³/mol. The van der Waals surface area contributed by atoms with E-state index in [-0.39, 0.29) is 56.8 Å². The monoisotopic (exact) mass is 828 g/mol. The van der Waals surface area contributed by atoms with Gasteiger partial charge in [0.2, 0.25) is 0 Å². The Kier molecular flexibility index (Phi) is 26.2. The maximum atomic E-state index is 12.7. The number of unbranched alkanes of at least 4 members (excludes halogenated alkanes) is 6. The molecule has 1 fully saturated rings. The third-order valence-corrected chi connectivity index (χ3v) is 9.52. The van der Waals surface area contributed by atoms with Crippen LogP contribution in [-0.4, -0.2) is 94.9 Å². The van der Waals surface area contributed by atoms with Crippen LogP contribution in [0.3, 0.4) is 0 Å². The lowest BCUT2D eigenvalue weighted by Crippen LogP contribution is -2.32. The third-order valence-electron chi connectivity index (χ3n) is 9.52. The molecule has 1 aliphatic rings. The van der Waals surface area contributed by atoms with Gasteiger partial charge < -0.3 is 37.9 Å². The average molecular weight is 829 g/mol. The molecule has 1 saturated carbocycles. The first kappa shape index (κ1) is 50.7. The highest BCUT2D eigenvalue weighted by atomic mass is 16.6. The van der Waals surface area contributed by atoms with Crippen molar-refractivity contribution in [2.24, 2.45) is 11.8 Å². The maximum Gasteiger partial charge on any atom is 0.333 e. The molecule has 0 aliphatic heterocycles. The van der Waals surface area contributed by atoms with Crippen molar-refractivity contribution >= 4 is 29.8 Å². The van der Waals surface area contributed by atoms with Gasteiger partial charge in [0.05, 0.1) is 26.4 Å². The molecule has 0 amide bonds. The average Bonchev–Trinajstić information content (AvgIpc) is 3.21. The van der Waals surface area contributed by atoms with Crippen LogP contribution in [0, 0.1) is 11.8 Å². The molecule has 2 atom stereocenters. The number of para-hydroxylation sites is 1. The quantitative estimate of drug-likeness (QED) is 0.0298. The lowest BCUT2D eigenvalue weighted by atomic mass is 9.83. The summed E-state index contributed by atoms with van der Waals surface area (Å²) in [5, 5.41) is 0. The van der Waals surface area contributed by atoms with Crippen molar-refractivity contribution in [3.8, 4) is 5.75 Å². The van der Waals surface area contributed by atoms with Crippen molar-refractivity contribution in [3.05, 3.63) is 66.8 Å². The van der Waals surface area contributed by atoms with E-state index in [9.17, 15) is 24.0 Å². The van der Waals surface area contributed by atoms with Crippen LogP contribution >= 0.6 is 0 Å². The summed E-state index contributed by atoms with van der Waals surface area (Å²) in [4.78, 5) is 60.3. The lowest BCUT2D eigenvalue weighted by Gasteiger charge is -2.29. The van der Waals surface area contributed by atoms with Gasteiger partial charge in [-0.25, -0.2) is 14.4 Å². The van der Waals surface area contributed by atoms with E-state index >= 15 is 0 Å². The van der Waals surface area contributed by atoms with Crippen LogP contribution in [0.5, 0.6) is 5.75 Å². The fraction of sp³-hybridized carbons (Fsp3) is 0.630. The van der Waals surface area contributed by atoms with E-state index < -0.39 is 30.1 Å². The van der Waals surface area contributed by atoms with Gasteiger partial charge in [-0.2, -0.15) is 0 Å². The number of hydrogen-bond acceptors (Lipinski definition) is 13. The minimum atomic E-state index is -0.741. The molecule has 0 bridgehead atoms. The molecular weight excluding hydrogens is 760 g/mol. The zero-order valence-electron chi connectivity index (χ0n) is 35.7. The van der Waals surface area contributed by atoms with Crippen molar-refractivity contribution in [3.63, 3.8) is 0 Å². The standard InChI is InChI=1S/C46H68O13/c1-34(2)44(49)54-26-16-9-7-14-20-42(47)58-40(32-56-39-18-12-11-13-19-39)30-52-28-37-22-24-38(25-23-37)29-53-31-41(33-57-46(51)36(5)6)59-43(48)21-15-8-10-17-27-55-45(50)35(3)4/h11-13,18-19,37-38,40-41H,1,3,5,7-10,14-17,20-33H2,2,4,6H3. The summed E-state index contributed by atoms with van der Waals surface area (Å²) in [6.07, 6.45) is 8.92. The van der Waals surface area contributed by atoms with Crippen LogP contribution in [0.2, 0.25) is 0 Å². The van der Waals surface area contributed by atoms with Crippen molar-refractivity contribution in [2.75, 3.05) is 52.9 Å². The Balaban J connectivity index is 1.71. The van der Waals surface area contributed by atoms with Crippen molar-refractivity contribution in [1.29, 1.82) is 0 Å². The molecule has 1 aromatic rings. The van der Waals surface area contributed by atoms with E-state index in [0.717, 1.165) is 57.8 Å². The van der Waals surface area contributed by atoms with Crippen LogP contribution < -0.4 is 4.74 Å². The van der Waals surface area contributed by atoms with E-state index in [1.165, 1.54) is 0 Å². The summed E-state index contributed by atoms with van der Waals surface area (Å²) >= 11 is 0. The van der Waals surface area contributed by atoms with E-state index in [4.69, 9.17) is 37.9 Å². The Bertz CT molecular complexity index is 1450. The first-order chi connectivity index (χ1) is 28.3. The Labute approximate surface area is 351 Å². The number of benzene rings is 1. The van der Waals surface area contributed by atoms with E-state index in [2.05, 4.69) is 19.7 Å². The first-order valence-corrected chi connectivity index (χ1v) is 21.0. The van der Waals surface area contributed by atoms with E-state index in [1.807, 2.05) is 30.3 Å². The summed E-state index contributed by atoms with van der Waals surface area (Å²) in [5.74, 6) is -0.680. The van der Waals surface area contributed by atoms with Gasteiger partial charge in [-0.1, -0.05) is 63.6 Å². The smallest absolute Gasteiger partial charge is 0.333 e. The first-order valence-electron chi connectivity index (χ1n) is 21.0. The number of rotatable bonds is 32. The molecule has 0 radical (unpaired) electrons. The molecule has 13 heteroatoms. The summed E-state index contributed by atoms with van der Waals surface area (Å²) < 4.78 is 44.9. The predicted octanol–water partition coefficient (Wildman–Crippen LogP) is 7.99. The second-order valence-electron chi connectivity index (χ2n) is 15.3. The molecule has 2 rings (SSSR count). The highest BCUT2D eigenvalue weighted by Gasteiger charge is 2.24. The van der Waals surface area contributed by atoms with Gasteiger partial charge in [-0.3, -0.25) is 9.59 Å². The molecular formula is C46H68O13. The zero-order valence-corrected chi connectivity index (χ0v) is 35.7. The van der Waals surface area contributed by atoms with Crippen LogP contribution in [0.25, 0.3) is 0 Å². The molecule has 0 spiro atoms. The molecule has 1 aromatic carbocycles. The Morgan fingerprint density at radius 3 is 1.39 bits per heavy atom. The van der Waals surface area contributed by atoms with Crippen molar-refractivity contribution in [2.45, 2.75) is 123 Å². The zero-order chi connectivity index (χ0) is 43.3. The fourth-order valence-corrected chi connectivity index (χ4v) is 6.04. The van der Waals surface area contributed by atoms with Gasteiger partial charge in [0, 0.05) is 42.8 Å². The summed E-state index contributed by atoms with van der Waals surface area (Å²) in [6, 6.07) is 9.36. The minimum absolute atomic E-state index is 0.102. The summed E-state index contributed by atoms with van der Waals surface area (Å²) in [6.45, 7) is 17.5. The van der Waals surface area contributed by atoms with Gasteiger partial charge in [-0.15, -0.1) is 0 Å². The van der Waals surface area contributed by atoms with Gasteiger partial charge >= 0.3 is 29.8 Å². The van der Waals surface area contributed by atoms with Gasteiger partial charge in [0.1, 0.15) is 19.0 Å². The molecule has 0 aromatic heterocycles. The molecule has 0 N–H and O–H groups in total. The van der Waals surface area contributed by atoms with Crippen LogP contribution in [-0.2, 0) is 57.1 Å². The topological polar surface area (TPSA) is 159 Å². The summed E-state index contributed by atoms with van der Waals surface area (Å²) in [7, 11) is 0. The van der Waals surface area contributed by atoms with Gasteiger partial charge in [-0.05, 0) is 96.1 Å². The number of esters is 5. The molecule has 0 heterocycles. The second-order valence-corrected chi connectivity index (χ2v) is 15.3. The Morgan fingerprint density at radius 1 is 0.542 bits per heavy atom. The highest BCUT2D eigenvalue weighted by molar-refractivity contribution is 5.87. The maximum absolute atomic E-state index is 12.7. The molecule has 13 nitrogen and oxygen atoms in total. The molecule has 2 unspecified atom stereocenters. The molecule has 1 aliphatic carbocycles. The van der Waals surface area contributed by atoms with E-state index in [1.54, 1.807) is 20.8 Å². The Hall–Kier alpha value is -4.49. The highest BCUT2D eigenvalue weighted by Crippen LogP contribution is 2.29. The SMILES string of the molecule is C=C(C)C(=O)OCCCCCCC(=O)OC(COCC1CCC(COCC(COc2ccccc2)OC(=O)CCCCCCOC(=O)C(=C)C)CC1)COC(=O)C(=C)C. The Morgan fingerprint density at radius 2 is 0.949 bits per heavy atom. The fourth-order valence-electron chi connectivity index (χ4n) is 6.04. The van der Waals surface area contributed by atoms with E-state index in [0.29, 0.717) is 74.4 Å². The number of carbonyl (C=O) groups is 5. The number of hydrogen-bond donors (Lipinski definition) is 0. The third kappa shape index (κ3) is 24.9. The van der Waals surface area contributed by atoms with Gasteiger partial charge in [0.25, 0.3) is 0 Å². The lowest BCUT2D eigenvalue weighted by molar-refractivity contribution is -0.161. The van der Waals surface area contributed by atoms with Crippen LogP contribution in [0.4, 0.5) is 0 Å². The molecule has 59 heavy (non-hydrogen) atoms. The number of carbonyl (C=O) groups excluding carboxylic acids is 5. The normalized spacial score (nSPS) is 15.8. The van der Waals surface area contributed by atoms with Crippen LogP contribution in [0.15, 0.2) is 66.8 Å². The van der Waals surface area contributed by atoms with Gasteiger partial charge in [0.15, 0.2) is 12.2 Å². The minimum Gasteiger partial charge on any atom is -0.490 e. The van der Waals surface area contributed by atoms with Crippen molar-refractivity contribution < 1.29 is 61.9 Å². The second kappa shape index (κ2) is 30.5. The molecule has 330 valence electrons.